The molecule has 1 aliphatic carbocycles. The lowest BCUT2D eigenvalue weighted by Crippen LogP contribution is -2.35. The standard InChI is InChI=1S/C10H19NO/c1-3-11-10(12)9-7-5-4-6-8(9)2/h8-9H,3-7H2,1-2H3,(H,11,12)/t8?,9-/m0/s1. The van der Waals surface area contributed by atoms with Gasteiger partial charge in [0.1, 0.15) is 0 Å². The molecule has 1 N–H and O–H groups in total. The summed E-state index contributed by atoms with van der Waals surface area (Å²) in [5.74, 6) is 1.15. The zero-order valence-electron chi connectivity index (χ0n) is 8.10. The highest BCUT2D eigenvalue weighted by molar-refractivity contribution is 5.78. The second-order valence-electron chi connectivity index (χ2n) is 3.76. The van der Waals surface area contributed by atoms with Gasteiger partial charge in [0.15, 0.2) is 0 Å². The first-order chi connectivity index (χ1) is 5.75. The van der Waals surface area contributed by atoms with E-state index in [0.717, 1.165) is 13.0 Å². The lowest BCUT2D eigenvalue weighted by Gasteiger charge is -2.27. The molecule has 0 radical (unpaired) electrons. The number of rotatable bonds is 2. The Bertz CT molecular complexity index is 156. The highest BCUT2D eigenvalue weighted by atomic mass is 16.1. The molecule has 0 aromatic rings. The summed E-state index contributed by atoms with van der Waals surface area (Å²) < 4.78 is 0. The van der Waals surface area contributed by atoms with E-state index in [4.69, 9.17) is 0 Å². The first-order valence-corrected chi connectivity index (χ1v) is 5.03. The van der Waals surface area contributed by atoms with Crippen LogP contribution in [0.1, 0.15) is 39.5 Å². The molecule has 12 heavy (non-hydrogen) atoms. The van der Waals surface area contributed by atoms with Gasteiger partial charge in [0, 0.05) is 12.5 Å². The van der Waals surface area contributed by atoms with Crippen LogP contribution in [0.25, 0.3) is 0 Å². The molecular formula is C10H19NO. The second-order valence-corrected chi connectivity index (χ2v) is 3.76. The molecule has 1 fully saturated rings. The Labute approximate surface area is 74.7 Å². The molecule has 0 heterocycles. The van der Waals surface area contributed by atoms with Gasteiger partial charge in [-0.2, -0.15) is 0 Å². The third-order valence-corrected chi connectivity index (χ3v) is 2.80. The molecule has 0 saturated heterocycles. The maximum Gasteiger partial charge on any atom is 0.223 e. The largest absolute Gasteiger partial charge is 0.356 e. The molecule has 2 nitrogen and oxygen atoms in total. The van der Waals surface area contributed by atoms with E-state index in [0.29, 0.717) is 11.8 Å². The Morgan fingerprint density at radius 2 is 2.08 bits per heavy atom. The molecule has 1 saturated carbocycles. The molecule has 0 aliphatic heterocycles. The van der Waals surface area contributed by atoms with Crippen LogP contribution < -0.4 is 5.32 Å². The monoisotopic (exact) mass is 169 g/mol. The molecule has 2 atom stereocenters. The minimum atomic E-state index is 0.268. The Balaban J connectivity index is 2.42. The summed E-state index contributed by atoms with van der Waals surface area (Å²) in [7, 11) is 0. The third-order valence-electron chi connectivity index (χ3n) is 2.80. The molecule has 1 rings (SSSR count). The first kappa shape index (κ1) is 9.56. The zero-order valence-corrected chi connectivity index (χ0v) is 8.10. The van der Waals surface area contributed by atoms with E-state index in [1.165, 1.54) is 19.3 Å². The van der Waals surface area contributed by atoms with Crippen molar-refractivity contribution in [2.45, 2.75) is 39.5 Å². The van der Waals surface area contributed by atoms with Gasteiger partial charge in [0.2, 0.25) is 5.91 Å². The zero-order chi connectivity index (χ0) is 8.97. The molecule has 0 bridgehead atoms. The van der Waals surface area contributed by atoms with Gasteiger partial charge in [-0.15, -0.1) is 0 Å². The smallest absolute Gasteiger partial charge is 0.223 e. The number of carbonyl (C=O) groups excluding carboxylic acids is 1. The Hall–Kier alpha value is -0.530. The quantitative estimate of drug-likeness (QED) is 0.672. The topological polar surface area (TPSA) is 29.1 Å². The van der Waals surface area contributed by atoms with Crippen LogP contribution in [0, 0.1) is 11.8 Å². The van der Waals surface area contributed by atoms with E-state index in [1.54, 1.807) is 0 Å². The fourth-order valence-electron chi connectivity index (χ4n) is 2.01. The second kappa shape index (κ2) is 4.48. The summed E-state index contributed by atoms with van der Waals surface area (Å²) in [5, 5.41) is 2.91. The van der Waals surface area contributed by atoms with Gasteiger partial charge in [-0.05, 0) is 25.7 Å². The number of nitrogens with one attached hydrogen (secondary N) is 1. The van der Waals surface area contributed by atoms with Crippen LogP contribution in [-0.4, -0.2) is 12.5 Å². The van der Waals surface area contributed by atoms with E-state index in [9.17, 15) is 4.79 Å². The van der Waals surface area contributed by atoms with Crippen molar-refractivity contribution in [1.82, 2.24) is 5.32 Å². The molecule has 70 valence electrons. The minimum absolute atomic E-state index is 0.268. The summed E-state index contributed by atoms with van der Waals surface area (Å²) in [6.07, 6.45) is 4.85. The lowest BCUT2D eigenvalue weighted by atomic mass is 9.80. The SMILES string of the molecule is CCNC(=O)[C@H]1CCCCC1C. The lowest BCUT2D eigenvalue weighted by molar-refractivity contribution is -0.127. The van der Waals surface area contributed by atoms with Gasteiger partial charge in [-0.25, -0.2) is 0 Å². The molecule has 0 spiro atoms. The fraction of sp³-hybridized carbons (Fsp3) is 0.900. The van der Waals surface area contributed by atoms with Crippen LogP contribution in [0.3, 0.4) is 0 Å². The van der Waals surface area contributed by atoms with Crippen LogP contribution in [-0.2, 0) is 4.79 Å². The number of amides is 1. The average Bonchev–Trinajstić information content (AvgIpc) is 2.05. The highest BCUT2D eigenvalue weighted by Gasteiger charge is 2.26. The minimum Gasteiger partial charge on any atom is -0.356 e. The Kier molecular flexibility index (Phi) is 3.57. The van der Waals surface area contributed by atoms with Gasteiger partial charge in [-0.3, -0.25) is 4.79 Å². The van der Waals surface area contributed by atoms with Crippen molar-refractivity contribution in [2.75, 3.05) is 6.54 Å². The van der Waals surface area contributed by atoms with Crippen molar-refractivity contribution in [3.05, 3.63) is 0 Å². The van der Waals surface area contributed by atoms with Gasteiger partial charge in [0.05, 0.1) is 0 Å². The van der Waals surface area contributed by atoms with E-state index >= 15 is 0 Å². The highest BCUT2D eigenvalue weighted by Crippen LogP contribution is 2.29. The number of carbonyl (C=O) groups is 1. The first-order valence-electron chi connectivity index (χ1n) is 5.03. The van der Waals surface area contributed by atoms with Crippen LogP contribution in [0.5, 0.6) is 0 Å². The van der Waals surface area contributed by atoms with E-state index in [2.05, 4.69) is 12.2 Å². The van der Waals surface area contributed by atoms with Gasteiger partial charge < -0.3 is 5.32 Å². The molecule has 0 aromatic carbocycles. The summed E-state index contributed by atoms with van der Waals surface area (Å²) in [6, 6.07) is 0. The summed E-state index contributed by atoms with van der Waals surface area (Å²) >= 11 is 0. The third kappa shape index (κ3) is 2.23. The molecule has 1 unspecified atom stereocenters. The summed E-state index contributed by atoms with van der Waals surface area (Å²) in [5.41, 5.74) is 0. The average molecular weight is 169 g/mol. The van der Waals surface area contributed by atoms with Crippen molar-refractivity contribution >= 4 is 5.91 Å². The van der Waals surface area contributed by atoms with Crippen LogP contribution in [0.15, 0.2) is 0 Å². The predicted molar refractivity (Wildman–Crippen MR) is 49.8 cm³/mol. The van der Waals surface area contributed by atoms with Gasteiger partial charge >= 0.3 is 0 Å². The Morgan fingerprint density at radius 3 is 2.67 bits per heavy atom. The van der Waals surface area contributed by atoms with Crippen molar-refractivity contribution in [2.24, 2.45) is 11.8 Å². The van der Waals surface area contributed by atoms with E-state index in [1.807, 2.05) is 6.92 Å². The summed E-state index contributed by atoms with van der Waals surface area (Å²) in [4.78, 5) is 11.5. The predicted octanol–water partition coefficient (Wildman–Crippen LogP) is 1.95. The molecule has 0 aromatic heterocycles. The van der Waals surface area contributed by atoms with Crippen molar-refractivity contribution in [3.63, 3.8) is 0 Å². The van der Waals surface area contributed by atoms with Crippen LogP contribution >= 0.6 is 0 Å². The van der Waals surface area contributed by atoms with E-state index < -0.39 is 0 Å². The van der Waals surface area contributed by atoms with Crippen molar-refractivity contribution in [3.8, 4) is 0 Å². The number of hydrogen-bond donors (Lipinski definition) is 1. The maximum absolute atomic E-state index is 11.5. The van der Waals surface area contributed by atoms with Crippen LogP contribution in [0.4, 0.5) is 0 Å². The van der Waals surface area contributed by atoms with Crippen molar-refractivity contribution < 1.29 is 4.79 Å². The van der Waals surface area contributed by atoms with Gasteiger partial charge in [-0.1, -0.05) is 19.8 Å². The molecular weight excluding hydrogens is 150 g/mol. The number of hydrogen-bond acceptors (Lipinski definition) is 1. The van der Waals surface area contributed by atoms with Crippen LogP contribution in [0.2, 0.25) is 0 Å². The molecule has 1 amide bonds. The van der Waals surface area contributed by atoms with Crippen molar-refractivity contribution in [1.29, 1.82) is 0 Å². The molecule has 1 aliphatic rings. The Morgan fingerprint density at radius 1 is 1.42 bits per heavy atom. The summed E-state index contributed by atoms with van der Waals surface area (Å²) in [6.45, 7) is 4.94. The maximum atomic E-state index is 11.5. The van der Waals surface area contributed by atoms with Gasteiger partial charge in [0.25, 0.3) is 0 Å². The van der Waals surface area contributed by atoms with E-state index in [-0.39, 0.29) is 5.91 Å². The fourth-order valence-corrected chi connectivity index (χ4v) is 2.01. The molecule has 2 heteroatoms. The normalized spacial score (nSPS) is 29.8.